The van der Waals surface area contributed by atoms with Crippen molar-refractivity contribution in [2.75, 3.05) is 38.7 Å². The fourth-order valence-corrected chi connectivity index (χ4v) is 3.89. The number of rotatable bonds is 12. The number of amides is 1. The molecule has 2 atom stereocenters. The summed E-state index contributed by atoms with van der Waals surface area (Å²) in [7, 11) is 1.60. The summed E-state index contributed by atoms with van der Waals surface area (Å²) in [6.45, 7) is 10.6. The van der Waals surface area contributed by atoms with E-state index < -0.39 is 5.60 Å². The Morgan fingerprint density at radius 2 is 2.00 bits per heavy atom. The average Bonchev–Trinajstić information content (AvgIpc) is 2.72. The average molecular weight is 405 g/mol. The summed E-state index contributed by atoms with van der Waals surface area (Å²) in [6.07, 6.45) is 7.65. The Hall–Kier alpha value is -1.59. The van der Waals surface area contributed by atoms with Gasteiger partial charge in [-0.05, 0) is 69.3 Å². The number of likely N-dealkylation sites (tertiary alicyclic amines) is 1. The lowest BCUT2D eigenvalue weighted by Crippen LogP contribution is -2.41. The third-order valence-corrected chi connectivity index (χ3v) is 5.93. The number of ether oxygens (including phenoxy) is 2. The van der Waals surface area contributed by atoms with Crippen LogP contribution in [0, 0.1) is 5.92 Å². The highest BCUT2D eigenvalue weighted by atomic mass is 16.5. The quantitative estimate of drug-likeness (QED) is 0.492. The van der Waals surface area contributed by atoms with E-state index in [0.29, 0.717) is 0 Å². The molecule has 0 spiro atoms. The maximum absolute atomic E-state index is 12.7. The largest absolute Gasteiger partial charge is 0.494 e. The van der Waals surface area contributed by atoms with Crippen LogP contribution in [0.4, 0.5) is 5.69 Å². The van der Waals surface area contributed by atoms with Crippen LogP contribution in [0.2, 0.25) is 0 Å². The maximum atomic E-state index is 12.7. The fourth-order valence-electron chi connectivity index (χ4n) is 3.89. The third kappa shape index (κ3) is 7.98. The second-order valence-corrected chi connectivity index (χ2v) is 8.62. The number of nitrogens with zero attached hydrogens (tertiary/aromatic N) is 1. The van der Waals surface area contributed by atoms with Gasteiger partial charge in [0.05, 0.1) is 6.61 Å². The predicted octanol–water partition coefficient (Wildman–Crippen LogP) is 5.11. The van der Waals surface area contributed by atoms with Crippen LogP contribution in [0.15, 0.2) is 24.3 Å². The van der Waals surface area contributed by atoms with Crippen LogP contribution in [0.3, 0.4) is 0 Å². The Morgan fingerprint density at radius 1 is 1.24 bits per heavy atom. The number of nitrogens with one attached hydrogen (secondary N) is 1. The molecule has 0 saturated carbocycles. The summed E-state index contributed by atoms with van der Waals surface area (Å²) < 4.78 is 11.4. The topological polar surface area (TPSA) is 50.8 Å². The second kappa shape index (κ2) is 12.2. The smallest absolute Gasteiger partial charge is 0.256 e. The molecule has 0 unspecified atom stereocenters. The highest BCUT2D eigenvalue weighted by Crippen LogP contribution is 2.23. The van der Waals surface area contributed by atoms with Crippen molar-refractivity contribution in [3.05, 3.63) is 24.3 Å². The predicted molar refractivity (Wildman–Crippen MR) is 120 cm³/mol. The number of hydrogen-bond donors (Lipinski definition) is 1. The molecule has 1 N–H and O–H groups in total. The molecule has 0 aromatic heterocycles. The molecule has 5 nitrogen and oxygen atoms in total. The molecule has 1 saturated heterocycles. The molecule has 1 aliphatic heterocycles. The van der Waals surface area contributed by atoms with Crippen molar-refractivity contribution in [2.24, 2.45) is 5.92 Å². The Kier molecular flexibility index (Phi) is 9.95. The highest BCUT2D eigenvalue weighted by Gasteiger charge is 2.32. The van der Waals surface area contributed by atoms with Gasteiger partial charge in [0.2, 0.25) is 0 Å². The number of unbranched alkanes of at least 4 members (excludes halogenated alkanes) is 2. The summed E-state index contributed by atoms with van der Waals surface area (Å²) in [5.41, 5.74) is -0.0283. The van der Waals surface area contributed by atoms with Gasteiger partial charge < -0.3 is 19.7 Å². The van der Waals surface area contributed by atoms with Crippen LogP contribution < -0.4 is 10.1 Å². The monoisotopic (exact) mass is 404 g/mol. The van der Waals surface area contributed by atoms with E-state index >= 15 is 0 Å². The van der Waals surface area contributed by atoms with Gasteiger partial charge in [-0.15, -0.1) is 0 Å². The Balaban J connectivity index is 1.73. The van der Waals surface area contributed by atoms with Gasteiger partial charge in [-0.3, -0.25) is 4.79 Å². The van der Waals surface area contributed by atoms with Crippen LogP contribution in [0.25, 0.3) is 0 Å². The molecule has 0 aliphatic carbocycles. The van der Waals surface area contributed by atoms with E-state index in [1.807, 2.05) is 31.2 Å². The first-order chi connectivity index (χ1) is 14.0. The summed E-state index contributed by atoms with van der Waals surface area (Å²) in [6, 6.07) is 7.61. The van der Waals surface area contributed by atoms with E-state index in [0.717, 1.165) is 62.6 Å². The molecule has 5 heteroatoms. The normalized spacial score (nSPS) is 19.5. The van der Waals surface area contributed by atoms with Crippen LogP contribution in [-0.2, 0) is 9.53 Å². The number of carbonyl (C=O) groups excluding carboxylic acids is 1. The molecular formula is C24H40N2O3. The van der Waals surface area contributed by atoms with Gasteiger partial charge in [0.15, 0.2) is 0 Å². The van der Waals surface area contributed by atoms with Crippen molar-refractivity contribution in [3.8, 4) is 5.75 Å². The molecule has 164 valence electrons. The van der Waals surface area contributed by atoms with Gasteiger partial charge >= 0.3 is 0 Å². The molecule has 2 rings (SSSR count). The van der Waals surface area contributed by atoms with Crippen molar-refractivity contribution >= 4 is 11.6 Å². The number of hydrogen-bond acceptors (Lipinski definition) is 4. The summed E-state index contributed by atoms with van der Waals surface area (Å²) in [5.74, 6) is 1.56. The molecule has 0 bridgehead atoms. The molecule has 1 heterocycles. The van der Waals surface area contributed by atoms with Crippen molar-refractivity contribution in [3.63, 3.8) is 0 Å². The van der Waals surface area contributed by atoms with Gasteiger partial charge in [-0.1, -0.05) is 33.1 Å². The standard InChI is InChI=1S/C24H40N2O3/c1-5-6-7-15-24(3,28-4)23(27)25-21-11-13-22(14-12-21)29-18-9-17-26-16-8-10-20(2)19-26/h11-14,20H,5-10,15-19H2,1-4H3,(H,25,27)/t20-,24-/m1/s1. The highest BCUT2D eigenvalue weighted by molar-refractivity contribution is 5.97. The van der Waals surface area contributed by atoms with Gasteiger partial charge in [-0.2, -0.15) is 0 Å². The van der Waals surface area contributed by atoms with Crippen molar-refractivity contribution < 1.29 is 14.3 Å². The van der Waals surface area contributed by atoms with Crippen molar-refractivity contribution in [1.82, 2.24) is 4.90 Å². The zero-order valence-electron chi connectivity index (χ0n) is 18.8. The minimum Gasteiger partial charge on any atom is -0.494 e. The summed E-state index contributed by atoms with van der Waals surface area (Å²) in [5, 5.41) is 2.98. The Morgan fingerprint density at radius 3 is 2.66 bits per heavy atom. The zero-order valence-corrected chi connectivity index (χ0v) is 18.8. The van der Waals surface area contributed by atoms with E-state index in [-0.39, 0.29) is 5.91 Å². The molecule has 29 heavy (non-hydrogen) atoms. The van der Waals surface area contributed by atoms with Crippen molar-refractivity contribution in [1.29, 1.82) is 0 Å². The van der Waals surface area contributed by atoms with Gasteiger partial charge in [0.25, 0.3) is 5.91 Å². The minimum atomic E-state index is -0.795. The SMILES string of the molecule is CCCCC[C@@](C)(OC)C(=O)Nc1ccc(OCCCN2CCC[C@@H](C)C2)cc1. The van der Waals surface area contributed by atoms with E-state index in [9.17, 15) is 4.79 Å². The van der Waals surface area contributed by atoms with E-state index in [4.69, 9.17) is 9.47 Å². The van der Waals surface area contributed by atoms with E-state index in [1.54, 1.807) is 7.11 Å². The molecule has 1 fully saturated rings. The molecule has 1 amide bonds. The molecule has 0 radical (unpaired) electrons. The summed E-state index contributed by atoms with van der Waals surface area (Å²) in [4.78, 5) is 15.2. The fraction of sp³-hybridized carbons (Fsp3) is 0.708. The minimum absolute atomic E-state index is 0.0967. The maximum Gasteiger partial charge on any atom is 0.256 e. The number of anilines is 1. The van der Waals surface area contributed by atoms with E-state index in [2.05, 4.69) is 24.1 Å². The molecule has 1 aromatic carbocycles. The number of methoxy groups -OCH3 is 1. The first-order valence-corrected chi connectivity index (χ1v) is 11.3. The lowest BCUT2D eigenvalue weighted by atomic mass is 9.97. The first kappa shape index (κ1) is 23.7. The third-order valence-electron chi connectivity index (χ3n) is 5.93. The number of carbonyl (C=O) groups is 1. The Labute approximate surface area is 177 Å². The van der Waals surface area contributed by atoms with Crippen molar-refractivity contribution in [2.45, 2.75) is 71.3 Å². The number of piperidine rings is 1. The van der Waals surface area contributed by atoms with Crippen LogP contribution >= 0.6 is 0 Å². The molecule has 1 aliphatic rings. The summed E-state index contributed by atoms with van der Waals surface area (Å²) >= 11 is 0. The van der Waals surface area contributed by atoms with Gasteiger partial charge in [0, 0.05) is 25.9 Å². The second-order valence-electron chi connectivity index (χ2n) is 8.62. The number of benzene rings is 1. The van der Waals surface area contributed by atoms with Crippen LogP contribution in [0.5, 0.6) is 5.75 Å². The van der Waals surface area contributed by atoms with Gasteiger partial charge in [0.1, 0.15) is 11.4 Å². The van der Waals surface area contributed by atoms with Gasteiger partial charge in [-0.25, -0.2) is 0 Å². The Bertz CT molecular complexity index is 605. The zero-order chi connectivity index (χ0) is 21.1. The first-order valence-electron chi connectivity index (χ1n) is 11.3. The lowest BCUT2D eigenvalue weighted by Gasteiger charge is -2.30. The van der Waals surface area contributed by atoms with E-state index in [1.165, 1.54) is 25.9 Å². The lowest BCUT2D eigenvalue weighted by molar-refractivity contribution is -0.136. The molecule has 1 aromatic rings. The van der Waals surface area contributed by atoms with Crippen LogP contribution in [0.1, 0.15) is 65.7 Å². The molecular weight excluding hydrogens is 364 g/mol. The van der Waals surface area contributed by atoms with Crippen LogP contribution in [-0.4, -0.2) is 49.8 Å².